The van der Waals surface area contributed by atoms with Crippen LogP contribution in [0.4, 0.5) is 0 Å². The molecule has 2 aromatic carbocycles. The molecule has 33 heavy (non-hydrogen) atoms. The minimum Gasteiger partial charge on any atom is -0.493 e. The van der Waals surface area contributed by atoms with Gasteiger partial charge in [0.15, 0.2) is 11.5 Å². The van der Waals surface area contributed by atoms with Gasteiger partial charge in [-0.25, -0.2) is 0 Å². The molecule has 188 valence electrons. The normalized spacial score (nSPS) is 10.5. The Kier molecular flexibility index (Phi) is 18.1. The third kappa shape index (κ3) is 12.5. The second-order valence-electron chi connectivity index (χ2n) is 8.34. The summed E-state index contributed by atoms with van der Waals surface area (Å²) in [7, 11) is 1.70. The summed E-state index contributed by atoms with van der Waals surface area (Å²) in [6, 6.07) is 14.6. The summed E-state index contributed by atoms with van der Waals surface area (Å²) >= 11 is 0. The van der Waals surface area contributed by atoms with E-state index < -0.39 is 0 Å². The number of ether oxygens (including phenoxy) is 2. The van der Waals surface area contributed by atoms with Gasteiger partial charge in [0, 0.05) is 6.54 Å². The molecule has 2 aromatic rings. The van der Waals surface area contributed by atoms with Crippen LogP contribution in [-0.2, 0) is 13.2 Å². The van der Waals surface area contributed by atoms with Crippen LogP contribution in [0.2, 0.25) is 0 Å². The van der Waals surface area contributed by atoms with Gasteiger partial charge < -0.3 is 19.7 Å². The molecule has 0 fully saturated rings. The lowest BCUT2D eigenvalue weighted by Gasteiger charge is -2.22. The molecule has 0 saturated carbocycles. The molecule has 6 heteroatoms. The summed E-state index contributed by atoms with van der Waals surface area (Å²) in [5.41, 5.74) is 3.63. The molecule has 4 nitrogen and oxygen atoms in total. The van der Waals surface area contributed by atoms with Crippen molar-refractivity contribution in [3.8, 4) is 11.5 Å². The lowest BCUT2D eigenvalue weighted by molar-refractivity contribution is 0.261. The van der Waals surface area contributed by atoms with Gasteiger partial charge in [-0.15, -0.1) is 24.8 Å². The van der Waals surface area contributed by atoms with Crippen LogP contribution in [0.3, 0.4) is 0 Å². The van der Waals surface area contributed by atoms with Gasteiger partial charge in [0.1, 0.15) is 6.61 Å². The summed E-state index contributed by atoms with van der Waals surface area (Å²) in [4.78, 5) is 2.62. The maximum absolute atomic E-state index is 5.99. The highest BCUT2D eigenvalue weighted by atomic mass is 35.5. The molecule has 0 radical (unpaired) electrons. The fraction of sp³-hybridized carbons (Fsp3) is 0.556. The van der Waals surface area contributed by atoms with E-state index in [0.29, 0.717) is 6.61 Å². The van der Waals surface area contributed by atoms with Gasteiger partial charge in [0.05, 0.1) is 7.11 Å². The molecule has 0 spiro atoms. The molecule has 0 atom stereocenters. The average molecular weight is 500 g/mol. The van der Waals surface area contributed by atoms with Crippen molar-refractivity contribution < 1.29 is 9.47 Å². The van der Waals surface area contributed by atoms with Crippen molar-refractivity contribution in [3.05, 3.63) is 59.2 Å². The Morgan fingerprint density at radius 3 is 2.00 bits per heavy atom. The lowest BCUT2D eigenvalue weighted by Crippen LogP contribution is -2.29. The second kappa shape index (κ2) is 18.9. The van der Waals surface area contributed by atoms with E-state index in [-0.39, 0.29) is 24.8 Å². The molecule has 0 aliphatic rings. The zero-order valence-electron chi connectivity index (χ0n) is 20.9. The quantitative estimate of drug-likeness (QED) is 0.257. The number of aryl methyl sites for hydroxylation is 1. The number of rotatable bonds is 16. The van der Waals surface area contributed by atoms with E-state index in [1.54, 1.807) is 7.11 Å². The largest absolute Gasteiger partial charge is 0.493 e. The minimum absolute atomic E-state index is 0. The highest BCUT2D eigenvalue weighted by Crippen LogP contribution is 2.29. The van der Waals surface area contributed by atoms with Crippen LogP contribution in [0.25, 0.3) is 0 Å². The van der Waals surface area contributed by atoms with E-state index in [9.17, 15) is 0 Å². The smallest absolute Gasteiger partial charge is 0.161 e. The van der Waals surface area contributed by atoms with Gasteiger partial charge in [0.25, 0.3) is 0 Å². The Hall–Kier alpha value is -1.46. The first-order chi connectivity index (χ1) is 15.2. The Bertz CT molecular complexity index is 733. The van der Waals surface area contributed by atoms with Crippen molar-refractivity contribution in [2.24, 2.45) is 0 Å². The first kappa shape index (κ1) is 31.5. The number of halogens is 2. The molecule has 0 amide bonds. The standard InChI is InChI=1S/C27H42N2O2.2ClH/c1-5-7-17-29(18-8-6-2)19-9-16-28-21-25-14-15-26(27(20-25)30-4)31-22-24-12-10-23(3)11-13-24;;/h10-15,20,28H,5-9,16-19,21-22H2,1-4H3;2*1H. The fourth-order valence-electron chi connectivity index (χ4n) is 3.55. The van der Waals surface area contributed by atoms with Crippen LogP contribution < -0.4 is 14.8 Å². The van der Waals surface area contributed by atoms with E-state index in [0.717, 1.165) is 30.2 Å². The van der Waals surface area contributed by atoms with Crippen molar-refractivity contribution in [2.45, 2.75) is 66.0 Å². The van der Waals surface area contributed by atoms with Gasteiger partial charge in [-0.2, -0.15) is 0 Å². The van der Waals surface area contributed by atoms with Crippen molar-refractivity contribution in [1.29, 1.82) is 0 Å². The number of hydrogen-bond donors (Lipinski definition) is 1. The van der Waals surface area contributed by atoms with Crippen molar-refractivity contribution in [1.82, 2.24) is 10.2 Å². The first-order valence-corrected chi connectivity index (χ1v) is 11.9. The maximum Gasteiger partial charge on any atom is 0.161 e. The molecule has 0 aromatic heterocycles. The highest BCUT2D eigenvalue weighted by Gasteiger charge is 2.07. The van der Waals surface area contributed by atoms with Gasteiger partial charge in [-0.1, -0.05) is 62.6 Å². The molecule has 2 rings (SSSR count). The number of unbranched alkanes of at least 4 members (excludes halogenated alkanes) is 2. The average Bonchev–Trinajstić information content (AvgIpc) is 2.80. The predicted octanol–water partition coefficient (Wildman–Crippen LogP) is 6.81. The van der Waals surface area contributed by atoms with Crippen molar-refractivity contribution in [2.75, 3.05) is 33.3 Å². The number of nitrogens with one attached hydrogen (secondary N) is 1. The SMILES string of the molecule is CCCCN(CCCC)CCCNCc1ccc(OCc2ccc(C)cc2)c(OC)c1.Cl.Cl. The first-order valence-electron chi connectivity index (χ1n) is 11.9. The topological polar surface area (TPSA) is 33.7 Å². The van der Waals surface area contributed by atoms with Crippen LogP contribution in [0.5, 0.6) is 11.5 Å². The lowest BCUT2D eigenvalue weighted by atomic mass is 10.1. The van der Waals surface area contributed by atoms with Crippen LogP contribution in [0, 0.1) is 6.92 Å². The van der Waals surface area contributed by atoms with Crippen LogP contribution >= 0.6 is 24.8 Å². The zero-order valence-corrected chi connectivity index (χ0v) is 22.5. The number of methoxy groups -OCH3 is 1. The minimum atomic E-state index is 0. The van der Waals surface area contributed by atoms with Crippen LogP contribution in [0.15, 0.2) is 42.5 Å². The number of nitrogens with zero attached hydrogens (tertiary/aromatic N) is 1. The predicted molar refractivity (Wildman–Crippen MR) is 146 cm³/mol. The van der Waals surface area contributed by atoms with Gasteiger partial charge in [-0.3, -0.25) is 0 Å². The second-order valence-corrected chi connectivity index (χ2v) is 8.34. The van der Waals surface area contributed by atoms with E-state index >= 15 is 0 Å². The van der Waals surface area contributed by atoms with Crippen molar-refractivity contribution >= 4 is 24.8 Å². The molecule has 1 N–H and O–H groups in total. The third-order valence-corrected chi connectivity index (χ3v) is 5.56. The Morgan fingerprint density at radius 2 is 1.39 bits per heavy atom. The van der Waals surface area contributed by atoms with Gasteiger partial charge in [0.2, 0.25) is 0 Å². The summed E-state index contributed by atoms with van der Waals surface area (Å²) in [5, 5.41) is 3.58. The molecule has 0 unspecified atom stereocenters. The molecular weight excluding hydrogens is 455 g/mol. The number of hydrogen-bond acceptors (Lipinski definition) is 4. The van der Waals surface area contributed by atoms with E-state index in [1.165, 1.54) is 62.9 Å². The number of benzene rings is 2. The Labute approximate surface area is 214 Å². The molecule has 0 aliphatic heterocycles. The molecule has 0 saturated heterocycles. The Morgan fingerprint density at radius 1 is 0.788 bits per heavy atom. The third-order valence-electron chi connectivity index (χ3n) is 5.56. The summed E-state index contributed by atoms with van der Waals surface area (Å²) in [6.45, 7) is 12.7. The van der Waals surface area contributed by atoms with E-state index in [2.05, 4.69) is 67.4 Å². The highest BCUT2D eigenvalue weighted by molar-refractivity contribution is 5.85. The summed E-state index contributed by atoms with van der Waals surface area (Å²) < 4.78 is 11.6. The van der Waals surface area contributed by atoms with Gasteiger partial charge in [-0.05, 0) is 75.6 Å². The summed E-state index contributed by atoms with van der Waals surface area (Å²) in [5.74, 6) is 1.58. The molecule has 0 aliphatic carbocycles. The fourth-order valence-corrected chi connectivity index (χ4v) is 3.55. The van der Waals surface area contributed by atoms with E-state index in [4.69, 9.17) is 9.47 Å². The Balaban J connectivity index is 0.00000512. The summed E-state index contributed by atoms with van der Waals surface area (Å²) in [6.07, 6.45) is 6.33. The molecule has 0 heterocycles. The van der Waals surface area contributed by atoms with Crippen molar-refractivity contribution in [3.63, 3.8) is 0 Å². The van der Waals surface area contributed by atoms with E-state index in [1.807, 2.05) is 6.07 Å². The maximum atomic E-state index is 5.99. The van der Waals surface area contributed by atoms with Gasteiger partial charge >= 0.3 is 0 Å². The zero-order chi connectivity index (χ0) is 22.3. The molecular formula is C27H44Cl2N2O2. The van der Waals surface area contributed by atoms with Crippen LogP contribution in [-0.4, -0.2) is 38.2 Å². The van der Waals surface area contributed by atoms with Crippen LogP contribution in [0.1, 0.15) is 62.6 Å². The monoisotopic (exact) mass is 498 g/mol. The molecule has 0 bridgehead atoms.